The van der Waals surface area contributed by atoms with Crippen molar-refractivity contribution < 1.29 is 4.79 Å². The second-order valence-corrected chi connectivity index (χ2v) is 4.39. The Bertz CT molecular complexity index is 712. The van der Waals surface area contributed by atoms with Crippen LogP contribution in [0.1, 0.15) is 21.9 Å². The van der Waals surface area contributed by atoms with Gasteiger partial charge in [-0.25, -0.2) is 4.98 Å². The molecule has 0 atom stereocenters. The third kappa shape index (κ3) is 2.10. The van der Waals surface area contributed by atoms with Crippen LogP contribution in [-0.2, 0) is 6.54 Å². The van der Waals surface area contributed by atoms with Crippen LogP contribution in [0.3, 0.4) is 0 Å². The number of aromatic nitrogens is 3. The average molecular weight is 254 g/mol. The number of amides is 1. The molecule has 0 saturated carbocycles. The van der Waals surface area contributed by atoms with E-state index in [-0.39, 0.29) is 5.91 Å². The number of nitrogens with zero attached hydrogens (tertiary/aromatic N) is 1. The van der Waals surface area contributed by atoms with Crippen molar-refractivity contribution >= 4 is 16.8 Å². The normalized spacial score (nSPS) is 10.8. The van der Waals surface area contributed by atoms with Gasteiger partial charge in [-0.3, -0.25) is 4.79 Å². The predicted molar refractivity (Wildman–Crippen MR) is 72.8 cm³/mol. The van der Waals surface area contributed by atoms with Crippen LogP contribution in [0.5, 0.6) is 0 Å². The summed E-state index contributed by atoms with van der Waals surface area (Å²) in [4.78, 5) is 22.5. The van der Waals surface area contributed by atoms with Crippen LogP contribution in [0, 0.1) is 6.92 Å². The molecule has 5 nitrogen and oxygen atoms in total. The molecule has 0 aliphatic heterocycles. The number of fused-ring (bicyclic) bond motifs is 1. The monoisotopic (exact) mass is 254 g/mol. The molecule has 3 aromatic rings. The molecule has 0 saturated heterocycles. The molecule has 0 fully saturated rings. The zero-order valence-corrected chi connectivity index (χ0v) is 10.5. The fraction of sp³-hybridized carbons (Fsp3) is 0.143. The van der Waals surface area contributed by atoms with E-state index in [9.17, 15) is 4.79 Å². The van der Waals surface area contributed by atoms with Crippen molar-refractivity contribution in [3.8, 4) is 0 Å². The number of nitrogens with one attached hydrogen (secondary N) is 3. The van der Waals surface area contributed by atoms with Gasteiger partial charge in [-0.2, -0.15) is 0 Å². The number of aryl methyl sites for hydroxylation is 1. The summed E-state index contributed by atoms with van der Waals surface area (Å²) in [5.74, 6) is 0.650. The molecule has 5 heteroatoms. The highest BCUT2D eigenvalue weighted by Gasteiger charge is 2.15. The van der Waals surface area contributed by atoms with Gasteiger partial charge in [0.1, 0.15) is 5.82 Å². The number of carbonyl (C=O) groups is 1. The minimum absolute atomic E-state index is 0.0913. The lowest BCUT2D eigenvalue weighted by Crippen LogP contribution is -2.23. The maximum Gasteiger partial charge on any atom is 0.254 e. The molecule has 2 heterocycles. The Balaban J connectivity index is 1.87. The molecule has 0 spiro atoms. The molecule has 0 unspecified atom stereocenters. The summed E-state index contributed by atoms with van der Waals surface area (Å²) < 4.78 is 0. The molecule has 2 aromatic heterocycles. The molecular formula is C14H14N4O. The lowest BCUT2D eigenvalue weighted by Gasteiger charge is -2.03. The lowest BCUT2D eigenvalue weighted by molar-refractivity contribution is 0.0951. The van der Waals surface area contributed by atoms with Gasteiger partial charge in [0.15, 0.2) is 0 Å². The van der Waals surface area contributed by atoms with Gasteiger partial charge in [0.05, 0.1) is 12.1 Å². The Hall–Kier alpha value is -2.56. The maximum absolute atomic E-state index is 12.3. The first-order chi connectivity index (χ1) is 9.25. The van der Waals surface area contributed by atoms with Gasteiger partial charge in [0.25, 0.3) is 5.91 Å². The molecule has 3 N–H and O–H groups in total. The second-order valence-electron chi connectivity index (χ2n) is 4.39. The van der Waals surface area contributed by atoms with Crippen LogP contribution in [0.15, 0.2) is 36.7 Å². The van der Waals surface area contributed by atoms with E-state index >= 15 is 0 Å². The fourth-order valence-corrected chi connectivity index (χ4v) is 2.22. The van der Waals surface area contributed by atoms with E-state index < -0.39 is 0 Å². The summed E-state index contributed by atoms with van der Waals surface area (Å²) in [6.45, 7) is 2.30. The van der Waals surface area contributed by atoms with E-state index in [1.54, 1.807) is 12.4 Å². The smallest absolute Gasteiger partial charge is 0.254 e. The number of imidazole rings is 1. The molecule has 1 amide bonds. The van der Waals surface area contributed by atoms with Crippen molar-refractivity contribution in [2.24, 2.45) is 0 Å². The van der Waals surface area contributed by atoms with Crippen molar-refractivity contribution in [2.45, 2.75) is 13.5 Å². The molecule has 0 aliphatic rings. The van der Waals surface area contributed by atoms with Crippen LogP contribution >= 0.6 is 0 Å². The highest BCUT2D eigenvalue weighted by molar-refractivity contribution is 6.08. The Morgan fingerprint density at radius 3 is 3.00 bits per heavy atom. The largest absolute Gasteiger partial charge is 0.358 e. The van der Waals surface area contributed by atoms with Crippen LogP contribution in [0.2, 0.25) is 0 Å². The van der Waals surface area contributed by atoms with Crippen molar-refractivity contribution in [3.63, 3.8) is 0 Å². The highest BCUT2D eigenvalue weighted by Crippen LogP contribution is 2.21. The summed E-state index contributed by atoms with van der Waals surface area (Å²) >= 11 is 0. The number of para-hydroxylation sites is 1. The van der Waals surface area contributed by atoms with Gasteiger partial charge in [0, 0.05) is 29.0 Å². The first-order valence-corrected chi connectivity index (χ1v) is 6.09. The topological polar surface area (TPSA) is 73.6 Å². The first-order valence-electron chi connectivity index (χ1n) is 6.09. The van der Waals surface area contributed by atoms with Gasteiger partial charge in [0.2, 0.25) is 0 Å². The van der Waals surface area contributed by atoms with E-state index in [4.69, 9.17) is 0 Å². The van der Waals surface area contributed by atoms with E-state index in [0.29, 0.717) is 12.1 Å². The second kappa shape index (κ2) is 4.61. The van der Waals surface area contributed by atoms with Crippen molar-refractivity contribution in [2.75, 3.05) is 0 Å². The number of aromatic amines is 2. The predicted octanol–water partition coefficient (Wildman–Crippen LogP) is 2.13. The zero-order chi connectivity index (χ0) is 13.2. The molecule has 96 valence electrons. The van der Waals surface area contributed by atoms with Crippen LogP contribution in [0.4, 0.5) is 0 Å². The Labute approximate surface area is 110 Å². The van der Waals surface area contributed by atoms with E-state index in [1.165, 1.54) is 0 Å². The molecule has 0 bridgehead atoms. The molecule has 19 heavy (non-hydrogen) atoms. The van der Waals surface area contributed by atoms with Gasteiger partial charge >= 0.3 is 0 Å². The molecule has 1 aromatic carbocycles. The van der Waals surface area contributed by atoms with E-state index in [2.05, 4.69) is 20.3 Å². The van der Waals surface area contributed by atoms with Gasteiger partial charge in [-0.1, -0.05) is 18.2 Å². The standard InChI is InChI=1S/C14H14N4O/c1-9-13(10-4-2-3-5-11(10)18-9)14(19)17-8-12-15-6-7-16-12/h2-7,18H,8H2,1H3,(H,15,16)(H,17,19). The molecule has 3 rings (SSSR count). The van der Waals surface area contributed by atoms with E-state index in [0.717, 1.165) is 22.4 Å². The van der Waals surface area contributed by atoms with Crippen molar-refractivity contribution in [1.29, 1.82) is 0 Å². The summed E-state index contributed by atoms with van der Waals surface area (Å²) in [6.07, 6.45) is 3.40. The Morgan fingerprint density at radius 1 is 1.37 bits per heavy atom. The van der Waals surface area contributed by atoms with E-state index in [1.807, 2.05) is 31.2 Å². The average Bonchev–Trinajstić information content (AvgIpc) is 3.02. The zero-order valence-electron chi connectivity index (χ0n) is 10.5. The molecular weight excluding hydrogens is 240 g/mol. The summed E-state index contributed by atoms with van der Waals surface area (Å²) in [5.41, 5.74) is 2.54. The minimum Gasteiger partial charge on any atom is -0.358 e. The number of rotatable bonds is 3. The number of hydrogen-bond acceptors (Lipinski definition) is 2. The third-order valence-corrected chi connectivity index (χ3v) is 3.09. The van der Waals surface area contributed by atoms with Crippen LogP contribution < -0.4 is 5.32 Å². The van der Waals surface area contributed by atoms with Crippen molar-refractivity contribution in [3.05, 3.63) is 53.7 Å². The number of carbonyl (C=O) groups excluding carboxylic acids is 1. The maximum atomic E-state index is 12.3. The Kier molecular flexibility index (Phi) is 2.79. The molecule has 0 aliphatic carbocycles. The molecule has 0 radical (unpaired) electrons. The summed E-state index contributed by atoms with van der Waals surface area (Å²) in [5, 5.41) is 3.81. The van der Waals surface area contributed by atoms with Crippen molar-refractivity contribution in [1.82, 2.24) is 20.3 Å². The highest BCUT2D eigenvalue weighted by atomic mass is 16.1. The Morgan fingerprint density at radius 2 is 2.21 bits per heavy atom. The summed E-state index contributed by atoms with van der Waals surface area (Å²) in [7, 11) is 0. The van der Waals surface area contributed by atoms with Gasteiger partial charge in [-0.15, -0.1) is 0 Å². The minimum atomic E-state index is -0.0913. The SMILES string of the molecule is Cc1[nH]c2ccccc2c1C(=O)NCc1ncc[nH]1. The third-order valence-electron chi connectivity index (χ3n) is 3.09. The van der Waals surface area contributed by atoms with Crippen LogP contribution in [0.25, 0.3) is 10.9 Å². The number of H-pyrrole nitrogens is 2. The van der Waals surface area contributed by atoms with Gasteiger partial charge in [-0.05, 0) is 13.0 Å². The van der Waals surface area contributed by atoms with Gasteiger partial charge < -0.3 is 15.3 Å². The lowest BCUT2D eigenvalue weighted by atomic mass is 10.1. The first kappa shape index (κ1) is 11.5. The van der Waals surface area contributed by atoms with Crippen LogP contribution in [-0.4, -0.2) is 20.9 Å². The number of benzene rings is 1. The summed E-state index contributed by atoms with van der Waals surface area (Å²) in [6, 6.07) is 7.79. The fourth-order valence-electron chi connectivity index (χ4n) is 2.22. The number of hydrogen-bond donors (Lipinski definition) is 3. The quantitative estimate of drug-likeness (QED) is 0.670.